The Labute approximate surface area is 176 Å². The molecule has 3 aromatic rings. The third-order valence-corrected chi connectivity index (χ3v) is 5.55. The number of hydrogen-bond acceptors (Lipinski definition) is 3. The number of phenolic OH excluding ortho intramolecular Hbond substituents is 2. The molecule has 1 aliphatic heterocycles. The maximum absolute atomic E-state index is 13.7. The van der Waals surface area contributed by atoms with Crippen molar-refractivity contribution in [3.05, 3.63) is 119 Å². The highest BCUT2D eigenvalue weighted by Gasteiger charge is 2.52. The van der Waals surface area contributed by atoms with Gasteiger partial charge in [-0.05, 0) is 66.9 Å². The third kappa shape index (κ3) is 2.80. The fourth-order valence-electron chi connectivity index (χ4n) is 4.30. The topological polar surface area (TPSA) is 60.8 Å². The van der Waals surface area contributed by atoms with Crippen molar-refractivity contribution in [2.45, 2.75) is 19.4 Å². The highest BCUT2D eigenvalue weighted by atomic mass is 16.3. The summed E-state index contributed by atoms with van der Waals surface area (Å²) in [5.41, 5.74) is 2.98. The first-order valence-corrected chi connectivity index (χ1v) is 9.86. The molecule has 4 rings (SSSR count). The molecule has 2 N–H and O–H groups in total. The maximum Gasteiger partial charge on any atom is 0.259 e. The van der Waals surface area contributed by atoms with Gasteiger partial charge in [-0.1, -0.05) is 54.6 Å². The zero-order valence-electron chi connectivity index (χ0n) is 16.9. The molecule has 0 spiro atoms. The summed E-state index contributed by atoms with van der Waals surface area (Å²) >= 11 is 0. The van der Waals surface area contributed by atoms with Crippen LogP contribution >= 0.6 is 0 Å². The predicted octanol–water partition coefficient (Wildman–Crippen LogP) is 5.33. The molecule has 0 saturated carbocycles. The van der Waals surface area contributed by atoms with Gasteiger partial charge in [-0.3, -0.25) is 9.69 Å². The first-order chi connectivity index (χ1) is 14.5. The molecule has 150 valence electrons. The number of hydrogen-bond donors (Lipinski definition) is 2. The van der Waals surface area contributed by atoms with Gasteiger partial charge in [0.25, 0.3) is 5.91 Å². The highest BCUT2D eigenvalue weighted by molar-refractivity contribution is 6.03. The third-order valence-electron chi connectivity index (χ3n) is 5.55. The van der Waals surface area contributed by atoms with Crippen molar-refractivity contribution in [1.29, 1.82) is 0 Å². The molecule has 0 unspecified atom stereocenters. The van der Waals surface area contributed by atoms with Crippen LogP contribution in [0.5, 0.6) is 11.5 Å². The Morgan fingerprint density at radius 3 is 1.87 bits per heavy atom. The molecule has 0 saturated heterocycles. The lowest BCUT2D eigenvalue weighted by Gasteiger charge is -2.41. The minimum absolute atomic E-state index is 0.0991. The van der Waals surface area contributed by atoms with Crippen LogP contribution in [0.1, 0.15) is 40.9 Å². The van der Waals surface area contributed by atoms with Crippen molar-refractivity contribution in [3.8, 4) is 11.5 Å². The number of nitrogens with zero attached hydrogens (tertiary/aromatic N) is 1. The van der Waals surface area contributed by atoms with E-state index in [2.05, 4.69) is 0 Å². The maximum atomic E-state index is 13.7. The van der Waals surface area contributed by atoms with Gasteiger partial charge in [0.15, 0.2) is 0 Å². The first kappa shape index (κ1) is 19.5. The van der Waals surface area contributed by atoms with E-state index in [0.717, 1.165) is 22.4 Å². The number of carbonyl (C=O) groups excluding carboxylic acids is 1. The molecule has 0 bridgehead atoms. The van der Waals surface area contributed by atoms with Crippen LogP contribution in [-0.4, -0.2) is 21.0 Å². The zero-order valence-corrected chi connectivity index (χ0v) is 16.9. The summed E-state index contributed by atoms with van der Waals surface area (Å²) in [6.07, 6.45) is 5.74. The van der Waals surface area contributed by atoms with Crippen LogP contribution in [0.3, 0.4) is 0 Å². The molecule has 3 aromatic carbocycles. The van der Waals surface area contributed by atoms with Gasteiger partial charge in [-0.2, -0.15) is 0 Å². The van der Waals surface area contributed by atoms with Crippen molar-refractivity contribution in [2.24, 2.45) is 0 Å². The van der Waals surface area contributed by atoms with Crippen molar-refractivity contribution in [2.75, 3.05) is 0 Å². The largest absolute Gasteiger partial charge is 0.508 e. The second-order valence-electron chi connectivity index (χ2n) is 7.20. The van der Waals surface area contributed by atoms with E-state index in [1.165, 1.54) is 0 Å². The Morgan fingerprint density at radius 1 is 0.833 bits per heavy atom. The summed E-state index contributed by atoms with van der Waals surface area (Å²) in [6.45, 7) is 3.82. The van der Waals surface area contributed by atoms with Crippen LogP contribution in [0, 0.1) is 0 Å². The van der Waals surface area contributed by atoms with Crippen LogP contribution in [-0.2, 0) is 5.54 Å². The predicted molar refractivity (Wildman–Crippen MR) is 117 cm³/mol. The molecule has 0 aromatic heterocycles. The molecule has 1 heterocycles. The van der Waals surface area contributed by atoms with Crippen LogP contribution in [0.2, 0.25) is 0 Å². The highest BCUT2D eigenvalue weighted by Crippen LogP contribution is 2.51. The van der Waals surface area contributed by atoms with E-state index in [1.54, 1.807) is 29.2 Å². The number of carbonyl (C=O) groups is 1. The summed E-state index contributed by atoms with van der Waals surface area (Å²) in [4.78, 5) is 15.5. The Kier molecular flexibility index (Phi) is 4.92. The standard InChI is InChI=1S/C26H23NO3/c1-3-7-20(4-2)27-25(30)23-8-5-6-9-24(23)26(27,18-10-14-21(28)15-11-18)19-12-16-22(29)17-13-19/h3-17,28-29H,1-2H3/b7-3-,20-4+. The number of benzene rings is 3. The number of allylic oxidation sites excluding steroid dienone is 3. The fraction of sp³-hybridized carbons (Fsp3) is 0.115. The van der Waals surface area contributed by atoms with Crippen LogP contribution < -0.4 is 0 Å². The summed E-state index contributed by atoms with van der Waals surface area (Å²) in [6, 6.07) is 21.5. The molecular formula is C26H23NO3. The second-order valence-corrected chi connectivity index (χ2v) is 7.20. The van der Waals surface area contributed by atoms with E-state index in [4.69, 9.17) is 0 Å². The van der Waals surface area contributed by atoms with Gasteiger partial charge in [-0.25, -0.2) is 0 Å². The Morgan fingerprint density at radius 2 is 1.37 bits per heavy atom. The zero-order chi connectivity index (χ0) is 21.3. The minimum atomic E-state index is -0.948. The van der Waals surface area contributed by atoms with E-state index in [0.29, 0.717) is 5.56 Å². The molecular weight excluding hydrogens is 374 g/mol. The van der Waals surface area contributed by atoms with Gasteiger partial charge >= 0.3 is 0 Å². The number of rotatable bonds is 4. The van der Waals surface area contributed by atoms with Gasteiger partial charge in [-0.15, -0.1) is 0 Å². The molecule has 0 radical (unpaired) electrons. The number of amides is 1. The van der Waals surface area contributed by atoms with Gasteiger partial charge in [0.1, 0.15) is 17.0 Å². The lowest BCUT2D eigenvalue weighted by Crippen LogP contribution is -2.44. The van der Waals surface area contributed by atoms with E-state index < -0.39 is 5.54 Å². The van der Waals surface area contributed by atoms with Crippen molar-refractivity contribution >= 4 is 5.91 Å². The summed E-state index contributed by atoms with van der Waals surface area (Å²) in [5, 5.41) is 19.8. The summed E-state index contributed by atoms with van der Waals surface area (Å²) in [5.74, 6) is 0.213. The van der Waals surface area contributed by atoms with Crippen molar-refractivity contribution in [1.82, 2.24) is 4.90 Å². The summed E-state index contributed by atoms with van der Waals surface area (Å²) < 4.78 is 0. The van der Waals surface area contributed by atoms with Gasteiger partial charge in [0.05, 0.1) is 0 Å². The number of aromatic hydroxyl groups is 2. The van der Waals surface area contributed by atoms with Gasteiger partial charge in [0, 0.05) is 11.3 Å². The van der Waals surface area contributed by atoms with Gasteiger partial charge in [0.2, 0.25) is 0 Å². The SMILES string of the molecule is C/C=C\C(=C/C)N1C(=O)c2ccccc2C1(c1ccc(O)cc1)c1ccc(O)cc1. The van der Waals surface area contributed by atoms with E-state index in [-0.39, 0.29) is 17.4 Å². The van der Waals surface area contributed by atoms with Crippen molar-refractivity contribution < 1.29 is 15.0 Å². The van der Waals surface area contributed by atoms with Crippen LogP contribution in [0.15, 0.2) is 96.7 Å². The molecule has 4 nitrogen and oxygen atoms in total. The quantitative estimate of drug-likeness (QED) is 0.585. The minimum Gasteiger partial charge on any atom is -0.508 e. The van der Waals surface area contributed by atoms with E-state index in [1.807, 2.05) is 80.6 Å². The Bertz CT molecular complexity index is 1100. The molecule has 0 fully saturated rings. The molecule has 1 aliphatic rings. The van der Waals surface area contributed by atoms with Crippen molar-refractivity contribution in [3.63, 3.8) is 0 Å². The average molecular weight is 397 g/mol. The smallest absolute Gasteiger partial charge is 0.259 e. The molecule has 30 heavy (non-hydrogen) atoms. The number of fused-ring (bicyclic) bond motifs is 1. The average Bonchev–Trinajstić information content (AvgIpc) is 3.03. The van der Waals surface area contributed by atoms with E-state index in [9.17, 15) is 15.0 Å². The normalized spacial score (nSPS) is 15.6. The van der Waals surface area contributed by atoms with Crippen LogP contribution in [0.4, 0.5) is 0 Å². The molecule has 1 amide bonds. The lowest BCUT2D eigenvalue weighted by atomic mass is 9.76. The monoisotopic (exact) mass is 397 g/mol. The first-order valence-electron chi connectivity index (χ1n) is 9.86. The van der Waals surface area contributed by atoms with Crippen LogP contribution in [0.25, 0.3) is 0 Å². The van der Waals surface area contributed by atoms with E-state index >= 15 is 0 Å². The molecule has 0 aliphatic carbocycles. The van der Waals surface area contributed by atoms with Gasteiger partial charge < -0.3 is 10.2 Å². The summed E-state index contributed by atoms with van der Waals surface area (Å²) in [7, 11) is 0. The Balaban J connectivity index is 2.15. The molecule has 0 atom stereocenters. The molecule has 4 heteroatoms. The lowest BCUT2D eigenvalue weighted by molar-refractivity contribution is 0.0759. The fourth-order valence-corrected chi connectivity index (χ4v) is 4.30. The second kappa shape index (κ2) is 7.56. The number of phenols is 2. The Hall–Kier alpha value is -3.79.